The lowest BCUT2D eigenvalue weighted by atomic mass is 10.2. The molecule has 0 bridgehead atoms. The number of rotatable bonds is 3. The fraction of sp³-hybridized carbons (Fsp3) is 0. The number of nitrogens with one attached hydrogen (secondary N) is 1. The van der Waals surface area contributed by atoms with Gasteiger partial charge in [-0.15, -0.1) is 0 Å². The third-order valence-corrected chi connectivity index (χ3v) is 2.84. The van der Waals surface area contributed by atoms with Crippen LogP contribution in [-0.2, 0) is 0 Å². The van der Waals surface area contributed by atoms with Crippen LogP contribution in [-0.4, -0.2) is 9.66 Å². The topological polar surface area (TPSA) is 55.9 Å². The maximum absolute atomic E-state index is 5.96. The number of hydrogen-bond donors (Lipinski definition) is 2. The molecule has 4 nitrogen and oxygen atoms in total. The summed E-state index contributed by atoms with van der Waals surface area (Å²) in [6.07, 6.45) is 1.65. The van der Waals surface area contributed by atoms with Crippen molar-refractivity contribution in [1.82, 2.24) is 9.66 Å². The lowest BCUT2D eigenvalue weighted by Gasteiger charge is -2.12. The van der Waals surface area contributed by atoms with Gasteiger partial charge in [0.15, 0.2) is 5.82 Å². The first-order valence-electron chi connectivity index (χ1n) is 6.05. The first-order chi connectivity index (χ1) is 9.34. The largest absolute Gasteiger partial charge is 0.382 e. The smallest absolute Gasteiger partial charge is 0.160 e. The Morgan fingerprint density at radius 3 is 2.21 bits per heavy atom. The molecular formula is C15H14N4. The van der Waals surface area contributed by atoms with Gasteiger partial charge in [0.2, 0.25) is 0 Å². The second-order valence-corrected chi connectivity index (χ2v) is 4.19. The van der Waals surface area contributed by atoms with Crippen molar-refractivity contribution in [3.05, 3.63) is 66.9 Å². The van der Waals surface area contributed by atoms with E-state index in [2.05, 4.69) is 10.4 Å². The summed E-state index contributed by atoms with van der Waals surface area (Å²) >= 11 is 0. The number of benzene rings is 2. The fourth-order valence-corrected chi connectivity index (χ4v) is 1.92. The zero-order chi connectivity index (χ0) is 13.1. The summed E-state index contributed by atoms with van der Waals surface area (Å²) in [7, 11) is 0. The summed E-state index contributed by atoms with van der Waals surface area (Å²) < 4.78 is 1.78. The summed E-state index contributed by atoms with van der Waals surface area (Å²) in [4.78, 5) is 4.36. The van der Waals surface area contributed by atoms with E-state index in [9.17, 15) is 0 Å². The monoisotopic (exact) mass is 250 g/mol. The van der Waals surface area contributed by atoms with Crippen molar-refractivity contribution in [3.63, 3.8) is 0 Å². The molecule has 0 aliphatic heterocycles. The zero-order valence-electron chi connectivity index (χ0n) is 10.3. The molecule has 4 heteroatoms. The average molecular weight is 250 g/mol. The highest BCUT2D eigenvalue weighted by Crippen LogP contribution is 2.21. The van der Waals surface area contributed by atoms with Gasteiger partial charge in [-0.25, -0.2) is 9.66 Å². The number of imidazole rings is 1. The Bertz CT molecular complexity index is 659. The molecule has 0 atom stereocenters. The fourth-order valence-electron chi connectivity index (χ4n) is 1.92. The number of hydrogen-bond acceptors (Lipinski definition) is 3. The normalized spacial score (nSPS) is 10.3. The minimum absolute atomic E-state index is 0.572. The van der Waals surface area contributed by atoms with Gasteiger partial charge in [-0.2, -0.15) is 0 Å². The first kappa shape index (κ1) is 11.3. The summed E-state index contributed by atoms with van der Waals surface area (Å²) in [6, 6.07) is 19.8. The van der Waals surface area contributed by atoms with Crippen LogP contribution in [0.3, 0.4) is 0 Å². The number of anilines is 2. The standard InChI is InChI=1S/C15H14N4/c16-14-11-17-15(12-7-3-1-4-8-12)19(14)18-13-9-5-2-6-10-13/h1-11,18H,16H2. The van der Waals surface area contributed by atoms with Crippen LogP contribution in [0.4, 0.5) is 11.5 Å². The number of para-hydroxylation sites is 1. The molecular weight excluding hydrogens is 236 g/mol. The molecule has 0 saturated carbocycles. The number of nitrogens with zero attached hydrogens (tertiary/aromatic N) is 2. The van der Waals surface area contributed by atoms with Gasteiger partial charge >= 0.3 is 0 Å². The van der Waals surface area contributed by atoms with Crippen molar-refractivity contribution in [1.29, 1.82) is 0 Å². The van der Waals surface area contributed by atoms with Crippen LogP contribution in [0.25, 0.3) is 11.4 Å². The van der Waals surface area contributed by atoms with Gasteiger partial charge in [-0.05, 0) is 12.1 Å². The Kier molecular flexibility index (Phi) is 2.90. The number of nitrogens with two attached hydrogens (primary N) is 1. The highest BCUT2D eigenvalue weighted by Gasteiger charge is 2.09. The van der Waals surface area contributed by atoms with Crippen molar-refractivity contribution in [2.75, 3.05) is 11.2 Å². The molecule has 0 spiro atoms. The van der Waals surface area contributed by atoms with E-state index in [0.29, 0.717) is 5.82 Å². The molecule has 0 radical (unpaired) electrons. The molecule has 1 aromatic heterocycles. The molecule has 1 heterocycles. The lowest BCUT2D eigenvalue weighted by Crippen LogP contribution is -2.13. The van der Waals surface area contributed by atoms with E-state index in [0.717, 1.165) is 17.1 Å². The van der Waals surface area contributed by atoms with Crippen molar-refractivity contribution in [2.24, 2.45) is 0 Å². The molecule has 0 unspecified atom stereocenters. The Morgan fingerprint density at radius 1 is 0.895 bits per heavy atom. The van der Waals surface area contributed by atoms with Gasteiger partial charge in [-0.1, -0.05) is 48.5 Å². The van der Waals surface area contributed by atoms with Gasteiger partial charge in [0.25, 0.3) is 0 Å². The predicted octanol–water partition coefficient (Wildman–Crippen LogP) is 3.01. The van der Waals surface area contributed by atoms with Crippen molar-refractivity contribution in [2.45, 2.75) is 0 Å². The number of nitrogen functional groups attached to an aromatic ring is 1. The highest BCUT2D eigenvalue weighted by molar-refractivity contribution is 5.60. The van der Waals surface area contributed by atoms with Gasteiger partial charge in [0, 0.05) is 5.56 Å². The summed E-state index contributed by atoms with van der Waals surface area (Å²) in [5.74, 6) is 1.37. The van der Waals surface area contributed by atoms with Crippen LogP contribution in [0.1, 0.15) is 0 Å². The van der Waals surface area contributed by atoms with Gasteiger partial charge < -0.3 is 5.73 Å². The molecule has 3 aromatic rings. The van der Waals surface area contributed by atoms with Crippen LogP contribution in [0.2, 0.25) is 0 Å². The molecule has 0 fully saturated rings. The molecule has 0 saturated heterocycles. The van der Waals surface area contributed by atoms with Crippen LogP contribution in [0.5, 0.6) is 0 Å². The minimum Gasteiger partial charge on any atom is -0.382 e. The van der Waals surface area contributed by atoms with E-state index in [-0.39, 0.29) is 0 Å². The number of aromatic nitrogens is 2. The molecule has 19 heavy (non-hydrogen) atoms. The third-order valence-electron chi connectivity index (χ3n) is 2.84. The minimum atomic E-state index is 0.572. The molecule has 0 amide bonds. The van der Waals surface area contributed by atoms with E-state index >= 15 is 0 Å². The van der Waals surface area contributed by atoms with Gasteiger partial charge in [-0.3, -0.25) is 5.43 Å². The Hall–Kier alpha value is -2.75. The molecule has 3 rings (SSSR count). The predicted molar refractivity (Wildman–Crippen MR) is 77.5 cm³/mol. The van der Waals surface area contributed by atoms with E-state index in [1.807, 2.05) is 60.7 Å². The van der Waals surface area contributed by atoms with Crippen LogP contribution >= 0.6 is 0 Å². The summed E-state index contributed by atoms with van der Waals surface area (Å²) in [6.45, 7) is 0. The van der Waals surface area contributed by atoms with E-state index in [4.69, 9.17) is 5.73 Å². The molecule has 94 valence electrons. The SMILES string of the molecule is Nc1cnc(-c2ccccc2)n1Nc1ccccc1. The Balaban J connectivity index is 2.00. The molecule has 3 N–H and O–H groups in total. The summed E-state index contributed by atoms with van der Waals surface area (Å²) in [5.41, 5.74) is 11.2. The molecule has 2 aromatic carbocycles. The average Bonchev–Trinajstić information content (AvgIpc) is 2.82. The zero-order valence-corrected chi connectivity index (χ0v) is 10.3. The molecule has 0 aliphatic carbocycles. The first-order valence-corrected chi connectivity index (χ1v) is 6.05. The highest BCUT2D eigenvalue weighted by atomic mass is 15.5. The van der Waals surface area contributed by atoms with Crippen molar-refractivity contribution in [3.8, 4) is 11.4 Å². The second kappa shape index (κ2) is 4.86. The summed E-state index contributed by atoms with van der Waals surface area (Å²) in [5, 5.41) is 0. The Morgan fingerprint density at radius 2 is 1.53 bits per heavy atom. The van der Waals surface area contributed by atoms with Crippen LogP contribution in [0.15, 0.2) is 66.9 Å². The van der Waals surface area contributed by atoms with E-state index in [1.54, 1.807) is 10.9 Å². The van der Waals surface area contributed by atoms with Gasteiger partial charge in [0.1, 0.15) is 5.82 Å². The van der Waals surface area contributed by atoms with Crippen molar-refractivity contribution >= 4 is 11.5 Å². The Labute approximate surface area is 111 Å². The molecule has 0 aliphatic rings. The van der Waals surface area contributed by atoms with E-state index < -0.39 is 0 Å². The lowest BCUT2D eigenvalue weighted by molar-refractivity contribution is 0.977. The quantitative estimate of drug-likeness (QED) is 0.751. The van der Waals surface area contributed by atoms with Crippen LogP contribution in [0, 0.1) is 0 Å². The van der Waals surface area contributed by atoms with Crippen LogP contribution < -0.4 is 11.2 Å². The van der Waals surface area contributed by atoms with Gasteiger partial charge in [0.05, 0.1) is 11.9 Å². The maximum atomic E-state index is 5.96. The van der Waals surface area contributed by atoms with Crippen molar-refractivity contribution < 1.29 is 0 Å². The van der Waals surface area contributed by atoms with E-state index in [1.165, 1.54) is 0 Å². The third kappa shape index (κ3) is 2.28. The second-order valence-electron chi connectivity index (χ2n) is 4.19. The maximum Gasteiger partial charge on any atom is 0.160 e.